The zero-order valence-corrected chi connectivity index (χ0v) is 13.8. The molecule has 2 nitrogen and oxygen atoms in total. The van der Waals surface area contributed by atoms with E-state index in [2.05, 4.69) is 35.1 Å². The molecule has 1 amide bonds. The SMILES string of the molecule is CCC(Br)CNC(=O)C12CC3CC(CC(C)(C3)C1)C2. The molecule has 4 aliphatic rings. The molecule has 3 unspecified atom stereocenters. The molecule has 4 bridgehead atoms. The predicted molar refractivity (Wildman–Crippen MR) is 81.2 cm³/mol. The Morgan fingerprint density at radius 3 is 2.47 bits per heavy atom. The number of halogens is 1. The molecular formula is C16H26BrNO. The fourth-order valence-corrected chi connectivity index (χ4v) is 5.68. The number of carbonyl (C=O) groups excluding carboxylic acids is 1. The van der Waals surface area contributed by atoms with E-state index in [9.17, 15) is 4.79 Å². The highest BCUT2D eigenvalue weighted by Gasteiger charge is 2.58. The molecule has 0 radical (unpaired) electrons. The van der Waals surface area contributed by atoms with E-state index in [1.165, 1.54) is 19.3 Å². The summed E-state index contributed by atoms with van der Waals surface area (Å²) in [6, 6.07) is 0. The third-order valence-electron chi connectivity index (χ3n) is 5.76. The van der Waals surface area contributed by atoms with Gasteiger partial charge in [-0.05, 0) is 62.2 Å². The minimum absolute atomic E-state index is 0.0146. The molecule has 0 heterocycles. The first-order valence-corrected chi connectivity index (χ1v) is 8.79. The van der Waals surface area contributed by atoms with Crippen molar-refractivity contribution in [2.24, 2.45) is 22.7 Å². The van der Waals surface area contributed by atoms with Crippen molar-refractivity contribution in [3.63, 3.8) is 0 Å². The lowest BCUT2D eigenvalue weighted by molar-refractivity contribution is -0.155. The van der Waals surface area contributed by atoms with Crippen molar-refractivity contribution in [3.8, 4) is 0 Å². The molecule has 0 aliphatic heterocycles. The molecule has 0 spiro atoms. The van der Waals surface area contributed by atoms with E-state index >= 15 is 0 Å². The largest absolute Gasteiger partial charge is 0.354 e. The van der Waals surface area contributed by atoms with Crippen molar-refractivity contribution in [1.82, 2.24) is 5.32 Å². The summed E-state index contributed by atoms with van der Waals surface area (Å²) in [7, 11) is 0. The summed E-state index contributed by atoms with van der Waals surface area (Å²) in [6.07, 6.45) is 8.64. The highest BCUT2D eigenvalue weighted by atomic mass is 79.9. The van der Waals surface area contributed by atoms with Gasteiger partial charge in [0.1, 0.15) is 0 Å². The fraction of sp³-hybridized carbons (Fsp3) is 0.938. The van der Waals surface area contributed by atoms with E-state index < -0.39 is 0 Å². The van der Waals surface area contributed by atoms with E-state index in [1.54, 1.807) is 0 Å². The van der Waals surface area contributed by atoms with Crippen LogP contribution in [0.1, 0.15) is 58.8 Å². The maximum atomic E-state index is 12.7. The molecule has 3 heteroatoms. The van der Waals surface area contributed by atoms with Crippen LogP contribution in [0.2, 0.25) is 0 Å². The van der Waals surface area contributed by atoms with Crippen LogP contribution in [0.3, 0.4) is 0 Å². The van der Waals surface area contributed by atoms with E-state index in [0.717, 1.165) is 44.1 Å². The molecule has 0 aromatic rings. The van der Waals surface area contributed by atoms with Crippen LogP contribution < -0.4 is 5.32 Å². The second-order valence-electron chi connectivity index (χ2n) is 7.77. The van der Waals surface area contributed by atoms with E-state index in [1.807, 2.05) is 0 Å². The number of alkyl halides is 1. The van der Waals surface area contributed by atoms with Gasteiger partial charge in [0, 0.05) is 11.4 Å². The standard InChI is InChI=1S/C16H26BrNO/c1-3-13(17)9-18-14(19)16-7-11-4-12(8-16)6-15(2,5-11)10-16/h11-13H,3-10H2,1-2H3,(H,18,19). The molecule has 3 atom stereocenters. The van der Waals surface area contributed by atoms with Gasteiger partial charge in [-0.3, -0.25) is 4.79 Å². The minimum atomic E-state index is -0.0146. The van der Waals surface area contributed by atoms with Gasteiger partial charge in [-0.1, -0.05) is 29.8 Å². The predicted octanol–water partition coefficient (Wildman–Crippen LogP) is 3.88. The van der Waals surface area contributed by atoms with Crippen molar-refractivity contribution in [3.05, 3.63) is 0 Å². The number of amides is 1. The van der Waals surface area contributed by atoms with Crippen molar-refractivity contribution < 1.29 is 4.79 Å². The van der Waals surface area contributed by atoms with Gasteiger partial charge in [0.05, 0.1) is 5.41 Å². The van der Waals surface area contributed by atoms with Gasteiger partial charge >= 0.3 is 0 Å². The third kappa shape index (κ3) is 2.48. The van der Waals surface area contributed by atoms with Gasteiger partial charge in [-0.2, -0.15) is 0 Å². The Kier molecular flexibility index (Phi) is 3.48. The number of nitrogens with one attached hydrogen (secondary N) is 1. The Morgan fingerprint density at radius 1 is 1.32 bits per heavy atom. The van der Waals surface area contributed by atoms with Crippen LogP contribution in [0.15, 0.2) is 0 Å². The van der Waals surface area contributed by atoms with Crippen molar-refractivity contribution in [2.45, 2.75) is 63.6 Å². The first kappa shape index (κ1) is 13.9. The summed E-state index contributed by atoms with van der Waals surface area (Å²) in [5.74, 6) is 2.00. The quantitative estimate of drug-likeness (QED) is 0.780. The fourth-order valence-electron chi connectivity index (χ4n) is 5.52. The number of carbonyl (C=O) groups is 1. The molecule has 108 valence electrons. The smallest absolute Gasteiger partial charge is 0.226 e. The molecule has 4 aliphatic carbocycles. The molecule has 4 rings (SSSR count). The second-order valence-corrected chi connectivity index (χ2v) is 9.06. The molecule has 19 heavy (non-hydrogen) atoms. The molecule has 0 saturated heterocycles. The Balaban J connectivity index is 1.71. The van der Waals surface area contributed by atoms with Crippen molar-refractivity contribution in [2.75, 3.05) is 6.54 Å². The van der Waals surface area contributed by atoms with Crippen LogP contribution in [0, 0.1) is 22.7 Å². The Hall–Kier alpha value is -0.0500. The summed E-state index contributed by atoms with van der Waals surface area (Å²) >= 11 is 3.61. The second kappa shape index (κ2) is 4.75. The summed E-state index contributed by atoms with van der Waals surface area (Å²) in [6.45, 7) is 5.35. The van der Waals surface area contributed by atoms with Gasteiger partial charge in [0.2, 0.25) is 5.91 Å². The Bertz CT molecular complexity index is 367. The Labute approximate surface area is 125 Å². The Morgan fingerprint density at radius 2 is 1.95 bits per heavy atom. The van der Waals surface area contributed by atoms with Crippen molar-refractivity contribution >= 4 is 21.8 Å². The summed E-state index contributed by atoms with van der Waals surface area (Å²) in [5.41, 5.74) is 0.444. The summed E-state index contributed by atoms with van der Waals surface area (Å²) in [4.78, 5) is 13.1. The minimum Gasteiger partial charge on any atom is -0.354 e. The van der Waals surface area contributed by atoms with Crippen LogP contribution in [-0.4, -0.2) is 17.3 Å². The normalized spacial score (nSPS) is 45.2. The number of hydrogen-bond donors (Lipinski definition) is 1. The zero-order chi connectivity index (χ0) is 13.7. The summed E-state index contributed by atoms with van der Waals surface area (Å²) in [5, 5.41) is 3.22. The molecular weight excluding hydrogens is 302 g/mol. The van der Waals surface area contributed by atoms with E-state index in [0.29, 0.717) is 16.1 Å². The highest BCUT2D eigenvalue weighted by Crippen LogP contribution is 2.65. The maximum absolute atomic E-state index is 12.7. The molecule has 4 fully saturated rings. The van der Waals surface area contributed by atoms with Crippen LogP contribution in [-0.2, 0) is 4.79 Å². The van der Waals surface area contributed by atoms with Gasteiger partial charge in [-0.25, -0.2) is 0 Å². The topological polar surface area (TPSA) is 29.1 Å². The number of rotatable bonds is 4. The zero-order valence-electron chi connectivity index (χ0n) is 12.2. The van der Waals surface area contributed by atoms with Crippen LogP contribution in [0.5, 0.6) is 0 Å². The number of hydrogen-bond acceptors (Lipinski definition) is 1. The monoisotopic (exact) mass is 327 g/mol. The molecule has 4 saturated carbocycles. The van der Waals surface area contributed by atoms with Gasteiger partial charge in [-0.15, -0.1) is 0 Å². The average Bonchev–Trinajstić information content (AvgIpc) is 2.32. The van der Waals surface area contributed by atoms with Gasteiger partial charge < -0.3 is 5.32 Å². The lowest BCUT2D eigenvalue weighted by atomic mass is 9.44. The van der Waals surface area contributed by atoms with Crippen LogP contribution in [0.4, 0.5) is 0 Å². The van der Waals surface area contributed by atoms with E-state index in [-0.39, 0.29) is 5.41 Å². The third-order valence-corrected chi connectivity index (χ3v) is 6.73. The molecule has 1 N–H and O–H groups in total. The molecule has 0 aromatic heterocycles. The maximum Gasteiger partial charge on any atom is 0.226 e. The highest BCUT2D eigenvalue weighted by molar-refractivity contribution is 9.09. The van der Waals surface area contributed by atoms with Crippen LogP contribution >= 0.6 is 15.9 Å². The first-order chi connectivity index (χ1) is 8.95. The summed E-state index contributed by atoms with van der Waals surface area (Å²) < 4.78 is 0. The van der Waals surface area contributed by atoms with E-state index in [4.69, 9.17) is 0 Å². The molecule has 0 aromatic carbocycles. The van der Waals surface area contributed by atoms with Gasteiger partial charge in [0.15, 0.2) is 0 Å². The lowest BCUT2D eigenvalue weighted by Gasteiger charge is -2.60. The lowest BCUT2D eigenvalue weighted by Crippen LogP contribution is -2.57. The van der Waals surface area contributed by atoms with Crippen LogP contribution in [0.25, 0.3) is 0 Å². The van der Waals surface area contributed by atoms with Gasteiger partial charge in [0.25, 0.3) is 0 Å². The van der Waals surface area contributed by atoms with Crippen molar-refractivity contribution in [1.29, 1.82) is 0 Å². The average molecular weight is 328 g/mol. The first-order valence-electron chi connectivity index (χ1n) is 7.87.